The molecule has 10 heteroatoms. The van der Waals surface area contributed by atoms with Gasteiger partial charge in [-0.3, -0.25) is 10.1 Å². The fourth-order valence-corrected chi connectivity index (χ4v) is 3.51. The number of nitro benzene ring substituents is 1. The van der Waals surface area contributed by atoms with Gasteiger partial charge in [-0.2, -0.15) is 0 Å². The third kappa shape index (κ3) is 6.17. The molecule has 0 unspecified atom stereocenters. The van der Waals surface area contributed by atoms with Gasteiger partial charge in [0, 0.05) is 17.6 Å². The molecule has 0 spiro atoms. The van der Waals surface area contributed by atoms with E-state index in [1.165, 1.54) is 18.2 Å². The Morgan fingerprint density at radius 2 is 1.96 bits per heavy atom. The van der Waals surface area contributed by atoms with E-state index in [4.69, 9.17) is 16.3 Å². The molecule has 0 saturated carbocycles. The van der Waals surface area contributed by atoms with Gasteiger partial charge in [0.2, 0.25) is 15.8 Å². The van der Waals surface area contributed by atoms with Crippen LogP contribution in [0.1, 0.15) is 6.42 Å². The lowest BCUT2D eigenvalue weighted by atomic mass is 10.3. The average Bonchev–Trinajstić information content (AvgIpc) is 2.58. The van der Waals surface area contributed by atoms with E-state index in [9.17, 15) is 18.5 Å². The first kappa shape index (κ1) is 21.1. The number of nitrogens with zero attached hydrogens (tertiary/aromatic N) is 2. The first-order chi connectivity index (χ1) is 12.7. The summed E-state index contributed by atoms with van der Waals surface area (Å²) in [6, 6.07) is 9.87. The zero-order valence-corrected chi connectivity index (χ0v) is 16.5. The Labute approximate surface area is 162 Å². The number of ether oxygens (including phenoxy) is 1. The minimum atomic E-state index is -3.86. The Hall–Kier alpha value is -2.20. The average molecular weight is 414 g/mol. The maximum absolute atomic E-state index is 12.4. The second-order valence-electron chi connectivity index (χ2n) is 6.00. The normalized spacial score (nSPS) is 11.6. The summed E-state index contributed by atoms with van der Waals surface area (Å²) in [7, 11) is -0.0894. The van der Waals surface area contributed by atoms with Gasteiger partial charge in [-0.15, -0.1) is 0 Å². The Kier molecular flexibility index (Phi) is 7.14. The van der Waals surface area contributed by atoms with E-state index in [1.54, 1.807) is 18.2 Å². The Bertz CT molecular complexity index is 919. The van der Waals surface area contributed by atoms with Crippen LogP contribution in [0.4, 0.5) is 5.69 Å². The van der Waals surface area contributed by atoms with Gasteiger partial charge in [-0.1, -0.05) is 17.7 Å². The van der Waals surface area contributed by atoms with Gasteiger partial charge in [0.15, 0.2) is 0 Å². The molecule has 0 aromatic heterocycles. The molecule has 0 heterocycles. The van der Waals surface area contributed by atoms with E-state index in [1.807, 2.05) is 19.0 Å². The summed E-state index contributed by atoms with van der Waals surface area (Å²) < 4.78 is 32.7. The van der Waals surface area contributed by atoms with Crippen LogP contribution in [-0.4, -0.2) is 45.4 Å². The highest BCUT2D eigenvalue weighted by molar-refractivity contribution is 7.89. The Morgan fingerprint density at radius 3 is 2.59 bits per heavy atom. The summed E-state index contributed by atoms with van der Waals surface area (Å²) >= 11 is 5.87. The van der Waals surface area contributed by atoms with Gasteiger partial charge in [0.25, 0.3) is 0 Å². The number of nitrogens with one attached hydrogen (secondary N) is 1. The van der Waals surface area contributed by atoms with Crippen molar-refractivity contribution in [3.05, 3.63) is 57.6 Å². The second kappa shape index (κ2) is 9.14. The second-order valence-corrected chi connectivity index (χ2v) is 8.20. The van der Waals surface area contributed by atoms with E-state index in [2.05, 4.69) is 4.72 Å². The number of hydrogen-bond acceptors (Lipinski definition) is 6. The zero-order chi connectivity index (χ0) is 20.0. The number of hydrogen-bond donors (Lipinski definition) is 1. The molecule has 0 aliphatic heterocycles. The third-order valence-corrected chi connectivity index (χ3v) is 5.23. The highest BCUT2D eigenvalue weighted by Crippen LogP contribution is 2.34. The standard InChI is InChI=1S/C17H20ClN3O5S/c1-20(2)10-4-9-19-27(24,25)15-7-8-17(16(12-15)21(22)23)26-14-6-3-5-13(18)11-14/h3,5-8,11-12,19H,4,9-10H2,1-2H3. The number of nitro groups is 1. The summed E-state index contributed by atoms with van der Waals surface area (Å²) in [5.74, 6) is 0.233. The van der Waals surface area contributed by atoms with E-state index in [-0.39, 0.29) is 17.2 Å². The Morgan fingerprint density at radius 1 is 1.22 bits per heavy atom. The van der Waals surface area contributed by atoms with Crippen LogP contribution in [0, 0.1) is 10.1 Å². The summed E-state index contributed by atoms with van der Waals surface area (Å²) in [6.07, 6.45) is 0.615. The molecule has 0 aliphatic carbocycles. The van der Waals surface area contributed by atoms with Crippen molar-refractivity contribution in [1.29, 1.82) is 0 Å². The molecule has 0 amide bonds. The number of rotatable bonds is 9. The van der Waals surface area contributed by atoms with Crippen LogP contribution in [0.15, 0.2) is 47.4 Å². The van der Waals surface area contributed by atoms with E-state index < -0.39 is 20.6 Å². The lowest BCUT2D eigenvalue weighted by Gasteiger charge is -2.11. The van der Waals surface area contributed by atoms with Crippen molar-refractivity contribution in [3.63, 3.8) is 0 Å². The highest BCUT2D eigenvalue weighted by atomic mass is 35.5. The summed E-state index contributed by atoms with van der Waals surface area (Å²) in [6.45, 7) is 0.949. The van der Waals surface area contributed by atoms with E-state index >= 15 is 0 Å². The van der Waals surface area contributed by atoms with Crippen LogP contribution >= 0.6 is 11.6 Å². The van der Waals surface area contributed by atoms with Gasteiger partial charge in [-0.05, 0) is 57.4 Å². The van der Waals surface area contributed by atoms with Crippen LogP contribution < -0.4 is 9.46 Å². The molecule has 0 atom stereocenters. The molecule has 146 valence electrons. The molecule has 0 bridgehead atoms. The molecule has 2 aromatic carbocycles. The van der Waals surface area contributed by atoms with Crippen molar-refractivity contribution < 1.29 is 18.1 Å². The minimum absolute atomic E-state index is 0.0752. The quantitative estimate of drug-likeness (QED) is 0.384. The van der Waals surface area contributed by atoms with Crippen LogP contribution in [0.25, 0.3) is 0 Å². The van der Waals surface area contributed by atoms with Gasteiger partial charge in [0.05, 0.1) is 9.82 Å². The van der Waals surface area contributed by atoms with Crippen LogP contribution in [0.2, 0.25) is 5.02 Å². The molecule has 0 saturated heterocycles. The molecule has 0 fully saturated rings. The molecule has 8 nitrogen and oxygen atoms in total. The lowest BCUT2D eigenvalue weighted by molar-refractivity contribution is -0.385. The summed E-state index contributed by atoms with van der Waals surface area (Å²) in [5.41, 5.74) is -0.453. The zero-order valence-electron chi connectivity index (χ0n) is 14.9. The first-order valence-corrected chi connectivity index (χ1v) is 9.91. The van der Waals surface area contributed by atoms with Crippen molar-refractivity contribution in [1.82, 2.24) is 9.62 Å². The molecular weight excluding hydrogens is 394 g/mol. The molecule has 0 radical (unpaired) electrons. The number of sulfonamides is 1. The van der Waals surface area contributed by atoms with Crippen molar-refractivity contribution in [3.8, 4) is 11.5 Å². The SMILES string of the molecule is CN(C)CCCNS(=O)(=O)c1ccc(Oc2cccc(Cl)c2)c([N+](=O)[O-])c1. The van der Waals surface area contributed by atoms with Crippen LogP contribution in [-0.2, 0) is 10.0 Å². The fraction of sp³-hybridized carbons (Fsp3) is 0.294. The smallest absolute Gasteiger partial charge is 0.312 e. The predicted molar refractivity (Wildman–Crippen MR) is 103 cm³/mol. The maximum Gasteiger partial charge on any atom is 0.312 e. The predicted octanol–water partition coefficient (Wildman–Crippen LogP) is 3.27. The molecule has 2 rings (SSSR count). The maximum atomic E-state index is 12.4. The van der Waals surface area contributed by atoms with Crippen LogP contribution in [0.5, 0.6) is 11.5 Å². The molecule has 1 N–H and O–H groups in total. The van der Waals surface area contributed by atoms with Crippen molar-refractivity contribution in [2.75, 3.05) is 27.2 Å². The molecule has 2 aromatic rings. The minimum Gasteiger partial charge on any atom is -0.450 e. The van der Waals surface area contributed by atoms with Crippen molar-refractivity contribution in [2.24, 2.45) is 0 Å². The fourth-order valence-electron chi connectivity index (χ4n) is 2.24. The molecule has 27 heavy (non-hydrogen) atoms. The van der Waals surface area contributed by atoms with E-state index in [0.717, 1.165) is 12.6 Å². The van der Waals surface area contributed by atoms with E-state index in [0.29, 0.717) is 17.2 Å². The largest absolute Gasteiger partial charge is 0.450 e. The summed E-state index contributed by atoms with van der Waals surface area (Å²) in [5, 5.41) is 11.8. The first-order valence-electron chi connectivity index (χ1n) is 8.05. The van der Waals surface area contributed by atoms with Crippen LogP contribution in [0.3, 0.4) is 0 Å². The van der Waals surface area contributed by atoms with Crippen molar-refractivity contribution in [2.45, 2.75) is 11.3 Å². The van der Waals surface area contributed by atoms with Crippen molar-refractivity contribution >= 4 is 27.3 Å². The van der Waals surface area contributed by atoms with Gasteiger partial charge in [-0.25, -0.2) is 13.1 Å². The topological polar surface area (TPSA) is 102 Å². The van der Waals surface area contributed by atoms with Gasteiger partial charge >= 0.3 is 5.69 Å². The number of benzene rings is 2. The number of halogens is 1. The third-order valence-electron chi connectivity index (χ3n) is 3.54. The highest BCUT2D eigenvalue weighted by Gasteiger charge is 2.22. The van der Waals surface area contributed by atoms with Gasteiger partial charge in [0.1, 0.15) is 5.75 Å². The van der Waals surface area contributed by atoms with Gasteiger partial charge < -0.3 is 9.64 Å². The summed E-state index contributed by atoms with van der Waals surface area (Å²) in [4.78, 5) is 12.4. The Balaban J connectivity index is 2.22. The lowest BCUT2D eigenvalue weighted by Crippen LogP contribution is -2.27. The molecular formula is C17H20ClN3O5S. The molecule has 0 aliphatic rings. The monoisotopic (exact) mass is 413 g/mol.